The maximum Gasteiger partial charge on any atom is 0.252 e. The Morgan fingerprint density at radius 3 is 2.62 bits per heavy atom. The molecule has 82 valence electrons. The highest BCUT2D eigenvalue weighted by Gasteiger charge is 2.11. The van der Waals surface area contributed by atoms with E-state index < -0.39 is 6.17 Å². The number of carbonyl (C=O) groups excluding carboxylic acids is 1. The van der Waals surface area contributed by atoms with Gasteiger partial charge >= 0.3 is 0 Å². The van der Waals surface area contributed by atoms with E-state index in [4.69, 9.17) is 10.2 Å². The Bertz CT molecular complexity index is 451. The Hall–Kier alpha value is -2.07. The molecule has 2 aromatic rings. The first-order chi connectivity index (χ1) is 7.77. The Morgan fingerprint density at radius 1 is 1.25 bits per heavy atom. The minimum absolute atomic E-state index is 0.200. The molecule has 0 spiro atoms. The molecular weight excluding hydrogens is 204 g/mol. The van der Waals surface area contributed by atoms with Crippen molar-refractivity contribution >= 4 is 5.91 Å². The molecule has 0 saturated carbocycles. The van der Waals surface area contributed by atoms with Crippen molar-refractivity contribution in [2.24, 2.45) is 5.73 Å². The molecule has 0 aliphatic carbocycles. The van der Waals surface area contributed by atoms with Crippen LogP contribution in [0.3, 0.4) is 0 Å². The average Bonchev–Trinajstić information content (AvgIpc) is 2.83. The van der Waals surface area contributed by atoms with Crippen molar-refractivity contribution in [1.29, 1.82) is 0 Å². The lowest BCUT2D eigenvalue weighted by atomic mass is 10.2. The number of nitrogens with one attached hydrogen (secondary N) is 1. The summed E-state index contributed by atoms with van der Waals surface area (Å²) in [6.45, 7) is 0. The van der Waals surface area contributed by atoms with Gasteiger partial charge < -0.3 is 15.5 Å². The summed E-state index contributed by atoms with van der Waals surface area (Å²) in [5.41, 5.74) is 7.11. The van der Waals surface area contributed by atoms with Crippen molar-refractivity contribution < 1.29 is 9.21 Å². The van der Waals surface area contributed by atoms with Crippen LogP contribution in [-0.4, -0.2) is 5.91 Å². The molecule has 1 atom stereocenters. The summed E-state index contributed by atoms with van der Waals surface area (Å²) in [5, 5.41) is 2.68. The first kappa shape index (κ1) is 10.4. The van der Waals surface area contributed by atoms with Crippen LogP contribution in [0.5, 0.6) is 0 Å². The van der Waals surface area contributed by atoms with Crippen molar-refractivity contribution in [2.45, 2.75) is 6.17 Å². The molecule has 4 heteroatoms. The summed E-state index contributed by atoms with van der Waals surface area (Å²) in [5.74, 6) is -0.200. The summed E-state index contributed by atoms with van der Waals surface area (Å²) < 4.78 is 4.89. The molecule has 1 amide bonds. The van der Waals surface area contributed by atoms with Crippen molar-refractivity contribution in [3.8, 4) is 0 Å². The van der Waals surface area contributed by atoms with Crippen LogP contribution in [0.1, 0.15) is 22.1 Å². The number of benzene rings is 1. The second-order valence-electron chi connectivity index (χ2n) is 3.37. The molecule has 0 aliphatic rings. The Morgan fingerprint density at radius 2 is 2.00 bits per heavy atom. The number of furan rings is 1. The fraction of sp³-hybridized carbons (Fsp3) is 0.0833. The van der Waals surface area contributed by atoms with Crippen LogP contribution in [0.4, 0.5) is 0 Å². The number of nitrogens with two attached hydrogens (primary N) is 1. The van der Waals surface area contributed by atoms with Crippen molar-refractivity contribution in [3.05, 3.63) is 60.1 Å². The number of carbonyl (C=O) groups is 1. The summed E-state index contributed by atoms with van der Waals surface area (Å²) in [6, 6.07) is 10.6. The molecular formula is C12H12N2O2. The van der Waals surface area contributed by atoms with E-state index in [0.717, 1.165) is 5.56 Å². The van der Waals surface area contributed by atoms with E-state index in [2.05, 4.69) is 5.32 Å². The van der Waals surface area contributed by atoms with Gasteiger partial charge in [0.25, 0.3) is 5.91 Å². The van der Waals surface area contributed by atoms with Crippen LogP contribution < -0.4 is 11.1 Å². The third-order valence-corrected chi connectivity index (χ3v) is 2.22. The second kappa shape index (κ2) is 4.63. The molecule has 0 saturated heterocycles. The van der Waals surface area contributed by atoms with Crippen molar-refractivity contribution in [2.75, 3.05) is 0 Å². The largest absolute Gasteiger partial charge is 0.472 e. The van der Waals surface area contributed by atoms with Crippen molar-refractivity contribution in [3.63, 3.8) is 0 Å². The minimum atomic E-state index is -0.550. The van der Waals surface area contributed by atoms with E-state index in [9.17, 15) is 4.79 Å². The quantitative estimate of drug-likeness (QED) is 0.767. The SMILES string of the molecule is NC(NC(=O)c1ccccc1)c1ccoc1. The van der Waals surface area contributed by atoms with Crippen LogP contribution in [0, 0.1) is 0 Å². The monoisotopic (exact) mass is 216 g/mol. The Kier molecular flexibility index (Phi) is 3.03. The Labute approximate surface area is 93.1 Å². The van der Waals surface area contributed by atoms with Crippen molar-refractivity contribution in [1.82, 2.24) is 5.32 Å². The summed E-state index contributed by atoms with van der Waals surface area (Å²) in [4.78, 5) is 11.7. The molecule has 4 nitrogen and oxygen atoms in total. The molecule has 3 N–H and O–H groups in total. The molecule has 1 aromatic carbocycles. The van der Waals surface area contributed by atoms with Crippen LogP contribution in [0.15, 0.2) is 53.3 Å². The predicted molar refractivity (Wildman–Crippen MR) is 59.5 cm³/mol. The topological polar surface area (TPSA) is 68.3 Å². The van der Waals surface area contributed by atoms with Gasteiger partial charge in [0.05, 0.1) is 12.5 Å². The standard InChI is InChI=1S/C12H12N2O2/c13-11(10-6-7-16-8-10)14-12(15)9-4-2-1-3-5-9/h1-8,11H,13H2,(H,14,15). The fourth-order valence-corrected chi connectivity index (χ4v) is 1.35. The normalized spacial score (nSPS) is 12.1. The van der Waals surface area contributed by atoms with Gasteiger partial charge in [-0.25, -0.2) is 0 Å². The molecule has 0 aliphatic heterocycles. The molecule has 1 heterocycles. The number of hydrogen-bond acceptors (Lipinski definition) is 3. The van der Waals surface area contributed by atoms with Gasteiger partial charge in [-0.05, 0) is 18.2 Å². The van der Waals surface area contributed by atoms with Gasteiger partial charge in [0, 0.05) is 11.1 Å². The van der Waals surface area contributed by atoms with Gasteiger partial charge in [0.2, 0.25) is 0 Å². The lowest BCUT2D eigenvalue weighted by Crippen LogP contribution is -2.33. The van der Waals surface area contributed by atoms with E-state index in [1.807, 2.05) is 6.07 Å². The average molecular weight is 216 g/mol. The lowest BCUT2D eigenvalue weighted by molar-refractivity contribution is 0.0937. The zero-order chi connectivity index (χ0) is 11.4. The number of amides is 1. The van der Waals surface area contributed by atoms with Gasteiger partial charge in [-0.1, -0.05) is 18.2 Å². The molecule has 1 unspecified atom stereocenters. The lowest BCUT2D eigenvalue weighted by Gasteiger charge is -2.11. The van der Waals surface area contributed by atoms with Gasteiger partial charge in [0.15, 0.2) is 0 Å². The molecule has 0 fully saturated rings. The molecule has 1 aromatic heterocycles. The first-order valence-corrected chi connectivity index (χ1v) is 4.91. The van der Waals surface area contributed by atoms with Crippen LogP contribution in [0.2, 0.25) is 0 Å². The highest BCUT2D eigenvalue weighted by molar-refractivity contribution is 5.94. The van der Waals surface area contributed by atoms with Crippen LogP contribution in [0.25, 0.3) is 0 Å². The Balaban J connectivity index is 2.03. The maximum atomic E-state index is 11.7. The second-order valence-corrected chi connectivity index (χ2v) is 3.37. The molecule has 0 bridgehead atoms. The molecule has 0 radical (unpaired) electrons. The first-order valence-electron chi connectivity index (χ1n) is 4.91. The molecule has 2 rings (SSSR count). The molecule has 16 heavy (non-hydrogen) atoms. The van der Waals surface area contributed by atoms with Crippen LogP contribution >= 0.6 is 0 Å². The van der Waals surface area contributed by atoms with Gasteiger partial charge in [-0.3, -0.25) is 4.79 Å². The predicted octanol–water partition coefficient (Wildman–Crippen LogP) is 1.67. The zero-order valence-electron chi connectivity index (χ0n) is 8.59. The van der Waals surface area contributed by atoms with Gasteiger partial charge in [0.1, 0.15) is 6.17 Å². The third kappa shape index (κ3) is 2.29. The van der Waals surface area contributed by atoms with E-state index in [1.54, 1.807) is 30.3 Å². The summed E-state index contributed by atoms with van der Waals surface area (Å²) >= 11 is 0. The van der Waals surface area contributed by atoms with E-state index in [0.29, 0.717) is 5.56 Å². The van der Waals surface area contributed by atoms with Crippen LogP contribution in [-0.2, 0) is 0 Å². The highest BCUT2D eigenvalue weighted by Crippen LogP contribution is 2.08. The highest BCUT2D eigenvalue weighted by atomic mass is 16.3. The third-order valence-electron chi connectivity index (χ3n) is 2.22. The van der Waals surface area contributed by atoms with E-state index in [-0.39, 0.29) is 5.91 Å². The minimum Gasteiger partial charge on any atom is -0.472 e. The fourth-order valence-electron chi connectivity index (χ4n) is 1.35. The van der Waals surface area contributed by atoms with E-state index in [1.165, 1.54) is 12.5 Å². The zero-order valence-corrected chi connectivity index (χ0v) is 8.59. The van der Waals surface area contributed by atoms with Gasteiger partial charge in [-0.15, -0.1) is 0 Å². The summed E-state index contributed by atoms with van der Waals surface area (Å²) in [7, 11) is 0. The number of hydrogen-bond donors (Lipinski definition) is 2. The summed E-state index contributed by atoms with van der Waals surface area (Å²) in [6.07, 6.45) is 2.48. The smallest absolute Gasteiger partial charge is 0.252 e. The number of rotatable bonds is 3. The van der Waals surface area contributed by atoms with Gasteiger partial charge in [-0.2, -0.15) is 0 Å². The maximum absolute atomic E-state index is 11.7. The van der Waals surface area contributed by atoms with E-state index >= 15 is 0 Å².